The van der Waals surface area contributed by atoms with Crippen LogP contribution in [-0.4, -0.2) is 44.7 Å². The van der Waals surface area contributed by atoms with E-state index in [2.05, 4.69) is 5.10 Å². The highest BCUT2D eigenvalue weighted by atomic mass is 19.4. The van der Waals surface area contributed by atoms with Gasteiger partial charge in [-0.2, -0.15) is 18.3 Å². The van der Waals surface area contributed by atoms with Crippen molar-refractivity contribution in [3.63, 3.8) is 0 Å². The van der Waals surface area contributed by atoms with Crippen LogP contribution < -0.4 is 10.6 Å². The number of benzene rings is 1. The second-order valence-electron chi connectivity index (χ2n) is 8.10. The summed E-state index contributed by atoms with van der Waals surface area (Å²) in [5, 5.41) is 4.24. The number of aromatic nitrogens is 4. The molecular weight excluding hydrogens is 442 g/mol. The number of nitrogens with zero attached hydrogens (tertiary/aromatic N) is 5. The quantitative estimate of drug-likeness (QED) is 0.539. The Labute approximate surface area is 187 Å². The molecule has 0 spiro atoms. The Bertz CT molecular complexity index is 1210. The van der Waals surface area contributed by atoms with Gasteiger partial charge in [0, 0.05) is 49.0 Å². The van der Waals surface area contributed by atoms with E-state index >= 15 is 4.39 Å². The maximum absolute atomic E-state index is 15.1. The highest BCUT2D eigenvalue weighted by molar-refractivity contribution is 5.58. The number of hydrogen-bond donors (Lipinski definition) is 0. The molecule has 1 saturated heterocycles. The Morgan fingerprint density at radius 3 is 2.64 bits per heavy atom. The van der Waals surface area contributed by atoms with Crippen molar-refractivity contribution in [2.24, 2.45) is 0 Å². The van der Waals surface area contributed by atoms with E-state index in [1.165, 1.54) is 23.0 Å². The maximum atomic E-state index is 15.1. The van der Waals surface area contributed by atoms with E-state index in [1.54, 1.807) is 15.8 Å². The van der Waals surface area contributed by atoms with Gasteiger partial charge >= 0.3 is 11.9 Å². The monoisotopic (exact) mass is 467 g/mol. The average Bonchev–Trinajstić information content (AvgIpc) is 3.30. The summed E-state index contributed by atoms with van der Waals surface area (Å²) in [4.78, 5) is 14.7. The fourth-order valence-electron chi connectivity index (χ4n) is 4.07. The first-order chi connectivity index (χ1) is 15.6. The molecule has 1 aliphatic heterocycles. The number of rotatable bonds is 5. The van der Waals surface area contributed by atoms with E-state index < -0.39 is 28.9 Å². The molecule has 0 N–H and O–H groups in total. The first-order valence-corrected chi connectivity index (χ1v) is 10.7. The molecule has 1 fully saturated rings. The van der Waals surface area contributed by atoms with Crippen LogP contribution in [0.2, 0.25) is 0 Å². The van der Waals surface area contributed by atoms with Gasteiger partial charge in [-0.3, -0.25) is 13.8 Å². The van der Waals surface area contributed by atoms with Gasteiger partial charge in [0.1, 0.15) is 0 Å². The second kappa shape index (κ2) is 8.69. The molecule has 0 bridgehead atoms. The number of alkyl halides is 3. The zero-order valence-electron chi connectivity index (χ0n) is 18.6. The molecule has 1 atom stereocenters. The molecule has 7 nitrogen and oxygen atoms in total. The summed E-state index contributed by atoms with van der Waals surface area (Å²) in [6, 6.07) is 2.08. The summed E-state index contributed by atoms with van der Waals surface area (Å²) < 4.78 is 65.5. The Balaban J connectivity index is 1.77. The molecule has 0 unspecified atom stereocenters. The van der Waals surface area contributed by atoms with Gasteiger partial charge in [0.15, 0.2) is 5.82 Å². The molecule has 33 heavy (non-hydrogen) atoms. The van der Waals surface area contributed by atoms with Crippen LogP contribution in [0.15, 0.2) is 35.5 Å². The van der Waals surface area contributed by atoms with Crippen molar-refractivity contribution in [2.45, 2.75) is 46.1 Å². The van der Waals surface area contributed by atoms with Crippen LogP contribution in [-0.2, 0) is 24.0 Å². The Morgan fingerprint density at radius 2 is 2.00 bits per heavy atom. The third kappa shape index (κ3) is 4.41. The zero-order chi connectivity index (χ0) is 23.9. The van der Waals surface area contributed by atoms with Crippen molar-refractivity contribution < 1.29 is 22.3 Å². The topological polar surface area (TPSA) is 57.2 Å². The van der Waals surface area contributed by atoms with E-state index in [9.17, 15) is 18.0 Å². The smallest absolute Gasteiger partial charge is 0.375 e. The van der Waals surface area contributed by atoms with Gasteiger partial charge in [-0.1, -0.05) is 0 Å². The molecule has 4 rings (SSSR count). The fourth-order valence-corrected chi connectivity index (χ4v) is 4.07. The lowest BCUT2D eigenvalue weighted by Gasteiger charge is -2.33. The number of aryl methyl sites for hydroxylation is 1. The molecule has 3 heterocycles. The molecule has 3 aromatic rings. The fraction of sp³-hybridized carbons (Fsp3) is 0.455. The number of anilines is 1. The number of morpholine rings is 1. The Morgan fingerprint density at radius 1 is 1.24 bits per heavy atom. The Hall–Kier alpha value is -3.08. The molecule has 0 aliphatic carbocycles. The van der Waals surface area contributed by atoms with Crippen LogP contribution in [0.25, 0.3) is 5.69 Å². The predicted molar refractivity (Wildman–Crippen MR) is 114 cm³/mol. The van der Waals surface area contributed by atoms with Crippen LogP contribution in [0.1, 0.15) is 30.7 Å². The van der Waals surface area contributed by atoms with Crippen LogP contribution in [0, 0.1) is 12.7 Å². The van der Waals surface area contributed by atoms with Crippen molar-refractivity contribution in [3.8, 4) is 5.69 Å². The molecule has 1 aromatic carbocycles. The number of ether oxygens (including phenoxy) is 1. The van der Waals surface area contributed by atoms with E-state index in [-0.39, 0.29) is 18.3 Å². The summed E-state index contributed by atoms with van der Waals surface area (Å²) in [7, 11) is 0. The lowest BCUT2D eigenvalue weighted by atomic mass is 10.1. The average molecular weight is 467 g/mol. The SMILES string of the molecule is CCn1ncc(Cn2ccn(-c3cc(N4CCO[C@H](C)C4)cc(C(F)(F)F)c3F)c2=O)c1C. The lowest BCUT2D eigenvalue weighted by molar-refractivity contribution is -0.139. The molecule has 0 radical (unpaired) electrons. The summed E-state index contributed by atoms with van der Waals surface area (Å²) in [5.41, 5.74) is -0.625. The van der Waals surface area contributed by atoms with Crippen LogP contribution in [0.3, 0.4) is 0 Å². The second-order valence-corrected chi connectivity index (χ2v) is 8.10. The largest absolute Gasteiger partial charge is 0.419 e. The minimum Gasteiger partial charge on any atom is -0.375 e. The van der Waals surface area contributed by atoms with E-state index in [0.717, 1.165) is 21.9 Å². The van der Waals surface area contributed by atoms with Crippen LogP contribution >= 0.6 is 0 Å². The first kappa shape index (κ1) is 23.1. The zero-order valence-corrected chi connectivity index (χ0v) is 18.6. The van der Waals surface area contributed by atoms with Crippen molar-refractivity contribution in [2.75, 3.05) is 24.6 Å². The molecule has 2 aromatic heterocycles. The van der Waals surface area contributed by atoms with Gasteiger partial charge in [-0.15, -0.1) is 0 Å². The normalized spacial score (nSPS) is 17.1. The highest BCUT2D eigenvalue weighted by Crippen LogP contribution is 2.37. The lowest BCUT2D eigenvalue weighted by Crippen LogP contribution is -2.41. The molecule has 11 heteroatoms. The summed E-state index contributed by atoms with van der Waals surface area (Å²) in [5.74, 6) is -1.48. The van der Waals surface area contributed by atoms with Gasteiger partial charge in [0.05, 0.1) is 36.7 Å². The molecule has 0 saturated carbocycles. The molecule has 1 aliphatic rings. The van der Waals surface area contributed by atoms with Gasteiger partial charge in [-0.25, -0.2) is 9.18 Å². The van der Waals surface area contributed by atoms with E-state index in [4.69, 9.17) is 4.74 Å². The standard InChI is InChI=1S/C22H25F4N5O2/c1-4-31-15(3)16(11-27-31)13-29-5-6-30(21(29)32)19-10-17(28-7-8-33-14(2)12-28)9-18(20(19)23)22(24,25)26/h5-6,9-11,14H,4,7-8,12-13H2,1-3H3/t14-/m1/s1. The molecular formula is C22H25F4N5O2. The number of halogens is 4. The van der Waals surface area contributed by atoms with E-state index in [1.807, 2.05) is 20.8 Å². The van der Waals surface area contributed by atoms with Crippen molar-refractivity contribution in [3.05, 3.63) is 63.8 Å². The maximum Gasteiger partial charge on any atom is 0.419 e. The van der Waals surface area contributed by atoms with Gasteiger partial charge in [0.25, 0.3) is 0 Å². The van der Waals surface area contributed by atoms with Crippen LogP contribution in [0.4, 0.5) is 23.2 Å². The highest BCUT2D eigenvalue weighted by Gasteiger charge is 2.37. The van der Waals surface area contributed by atoms with Gasteiger partial charge in [0.2, 0.25) is 0 Å². The number of hydrogen-bond acceptors (Lipinski definition) is 4. The third-order valence-corrected chi connectivity index (χ3v) is 5.90. The summed E-state index contributed by atoms with van der Waals surface area (Å²) >= 11 is 0. The van der Waals surface area contributed by atoms with Crippen molar-refractivity contribution in [1.29, 1.82) is 0 Å². The summed E-state index contributed by atoms with van der Waals surface area (Å²) in [6.45, 7) is 7.53. The van der Waals surface area contributed by atoms with E-state index in [0.29, 0.717) is 26.2 Å². The van der Waals surface area contributed by atoms with Crippen LogP contribution in [0.5, 0.6) is 0 Å². The first-order valence-electron chi connectivity index (χ1n) is 10.7. The predicted octanol–water partition coefficient (Wildman–Crippen LogP) is 3.60. The molecule has 178 valence electrons. The van der Waals surface area contributed by atoms with Gasteiger partial charge in [-0.05, 0) is 32.9 Å². The Kier molecular flexibility index (Phi) is 6.08. The minimum absolute atomic E-state index is 0.173. The van der Waals surface area contributed by atoms with Crippen molar-refractivity contribution >= 4 is 5.69 Å². The minimum atomic E-state index is -4.91. The number of imidazole rings is 1. The summed E-state index contributed by atoms with van der Waals surface area (Å²) in [6.07, 6.45) is -0.735. The molecule has 0 amide bonds. The third-order valence-electron chi connectivity index (χ3n) is 5.90. The van der Waals surface area contributed by atoms with Gasteiger partial charge < -0.3 is 9.64 Å². The van der Waals surface area contributed by atoms with Crippen molar-refractivity contribution in [1.82, 2.24) is 18.9 Å².